The third-order valence-corrected chi connectivity index (χ3v) is 2.72. The Balaban J connectivity index is 2.03. The van der Waals surface area contributed by atoms with Gasteiger partial charge in [0.25, 0.3) is 0 Å². The molecular weight excluding hydrogens is 224 g/mol. The third kappa shape index (κ3) is 5.65. The van der Waals surface area contributed by atoms with Crippen LogP contribution in [-0.2, 0) is 14.3 Å². The van der Waals surface area contributed by atoms with Gasteiger partial charge >= 0.3 is 5.97 Å². The minimum atomic E-state index is -0.304. The van der Waals surface area contributed by atoms with E-state index in [4.69, 9.17) is 0 Å². The summed E-state index contributed by atoms with van der Waals surface area (Å²) in [6.45, 7) is 2.12. The average Bonchev–Trinajstić information content (AvgIpc) is 2.69. The molecule has 1 rings (SSSR count). The zero-order chi connectivity index (χ0) is 12.7. The second kappa shape index (κ2) is 7.24. The minimum absolute atomic E-state index is 0.0658. The van der Waals surface area contributed by atoms with Gasteiger partial charge in [-0.05, 0) is 12.8 Å². The van der Waals surface area contributed by atoms with Crippen molar-refractivity contribution in [3.63, 3.8) is 0 Å². The van der Waals surface area contributed by atoms with E-state index in [1.54, 1.807) is 0 Å². The average molecular weight is 244 g/mol. The topological polar surface area (TPSA) is 78.9 Å². The number of carbonyl (C=O) groups excluding carboxylic acids is 2. The van der Waals surface area contributed by atoms with Crippen LogP contribution in [0.2, 0.25) is 0 Å². The van der Waals surface area contributed by atoms with Crippen LogP contribution in [0.15, 0.2) is 0 Å². The number of rotatable bonds is 6. The standard InChI is InChI=1S/C11H20N2O4/c1-17-11(16)3-2-5-12-10(15)8-13-6-4-9(14)7-13/h9,14H,2-8H2,1H3,(H,12,15)/t9-/m0/s1. The molecule has 0 radical (unpaired) electrons. The molecule has 6 nitrogen and oxygen atoms in total. The third-order valence-electron chi connectivity index (χ3n) is 2.72. The van der Waals surface area contributed by atoms with E-state index in [1.165, 1.54) is 7.11 Å². The summed E-state index contributed by atoms with van der Waals surface area (Å²) in [5.41, 5.74) is 0. The van der Waals surface area contributed by atoms with E-state index in [0.717, 1.165) is 13.0 Å². The lowest BCUT2D eigenvalue weighted by Crippen LogP contribution is -2.36. The van der Waals surface area contributed by atoms with Crippen molar-refractivity contribution in [2.45, 2.75) is 25.4 Å². The molecule has 0 saturated carbocycles. The maximum absolute atomic E-state index is 11.5. The summed E-state index contributed by atoms with van der Waals surface area (Å²) in [7, 11) is 1.35. The fourth-order valence-electron chi connectivity index (χ4n) is 1.78. The molecule has 0 aromatic carbocycles. The van der Waals surface area contributed by atoms with Crippen molar-refractivity contribution < 1.29 is 19.4 Å². The summed E-state index contributed by atoms with van der Waals surface area (Å²) in [6, 6.07) is 0. The summed E-state index contributed by atoms with van der Waals surface area (Å²) in [5.74, 6) is -0.328. The number of hydrogen-bond donors (Lipinski definition) is 2. The smallest absolute Gasteiger partial charge is 0.305 e. The van der Waals surface area contributed by atoms with Crippen LogP contribution in [0.5, 0.6) is 0 Å². The Bertz CT molecular complexity index is 270. The highest BCUT2D eigenvalue weighted by atomic mass is 16.5. The number of carbonyl (C=O) groups is 2. The predicted octanol–water partition coefficient (Wildman–Crippen LogP) is -0.878. The summed E-state index contributed by atoms with van der Waals surface area (Å²) in [5, 5.41) is 12.0. The van der Waals surface area contributed by atoms with Crippen LogP contribution >= 0.6 is 0 Å². The van der Waals surface area contributed by atoms with Crippen molar-refractivity contribution in [3.8, 4) is 0 Å². The first kappa shape index (κ1) is 13.9. The van der Waals surface area contributed by atoms with Gasteiger partial charge in [0.15, 0.2) is 0 Å². The van der Waals surface area contributed by atoms with Crippen LogP contribution in [0.1, 0.15) is 19.3 Å². The van der Waals surface area contributed by atoms with Crippen LogP contribution in [-0.4, -0.2) is 61.3 Å². The zero-order valence-corrected chi connectivity index (χ0v) is 10.1. The zero-order valence-electron chi connectivity index (χ0n) is 10.1. The van der Waals surface area contributed by atoms with Gasteiger partial charge in [-0.2, -0.15) is 0 Å². The van der Waals surface area contributed by atoms with Crippen LogP contribution in [0.4, 0.5) is 0 Å². The lowest BCUT2D eigenvalue weighted by Gasteiger charge is -2.14. The lowest BCUT2D eigenvalue weighted by molar-refractivity contribution is -0.140. The maximum Gasteiger partial charge on any atom is 0.305 e. The Hall–Kier alpha value is -1.14. The van der Waals surface area contributed by atoms with E-state index < -0.39 is 0 Å². The maximum atomic E-state index is 11.5. The Morgan fingerprint density at radius 3 is 2.88 bits per heavy atom. The largest absolute Gasteiger partial charge is 0.469 e. The predicted molar refractivity (Wildman–Crippen MR) is 61.3 cm³/mol. The van der Waals surface area contributed by atoms with Gasteiger partial charge in [-0.15, -0.1) is 0 Å². The van der Waals surface area contributed by atoms with Crippen LogP contribution in [0, 0.1) is 0 Å². The monoisotopic (exact) mass is 244 g/mol. The summed E-state index contributed by atoms with van der Waals surface area (Å²) < 4.78 is 4.49. The molecule has 1 saturated heterocycles. The molecule has 0 aromatic rings. The number of aliphatic hydroxyl groups excluding tert-OH is 1. The van der Waals surface area contributed by atoms with Crippen LogP contribution < -0.4 is 5.32 Å². The molecule has 0 aromatic heterocycles. The number of hydrogen-bond acceptors (Lipinski definition) is 5. The van der Waals surface area contributed by atoms with Gasteiger partial charge in [0.05, 0.1) is 19.8 Å². The quantitative estimate of drug-likeness (QED) is 0.469. The SMILES string of the molecule is COC(=O)CCCNC(=O)CN1CC[C@H](O)C1. The van der Waals surface area contributed by atoms with E-state index in [2.05, 4.69) is 10.1 Å². The van der Waals surface area contributed by atoms with Crippen molar-refractivity contribution in [1.82, 2.24) is 10.2 Å². The number of ether oxygens (including phenoxy) is 1. The Morgan fingerprint density at radius 1 is 1.53 bits per heavy atom. The van der Waals surface area contributed by atoms with E-state index in [-0.39, 0.29) is 18.0 Å². The van der Waals surface area contributed by atoms with Gasteiger partial charge < -0.3 is 15.2 Å². The molecule has 0 unspecified atom stereocenters. The van der Waals surface area contributed by atoms with Crippen molar-refractivity contribution in [2.75, 3.05) is 33.3 Å². The van der Waals surface area contributed by atoms with Gasteiger partial charge in [0, 0.05) is 26.1 Å². The van der Waals surface area contributed by atoms with E-state index >= 15 is 0 Å². The van der Waals surface area contributed by atoms with Gasteiger partial charge in [0.2, 0.25) is 5.91 Å². The molecule has 0 bridgehead atoms. The first-order chi connectivity index (χ1) is 8.11. The molecule has 2 N–H and O–H groups in total. The molecule has 1 aliphatic heterocycles. The van der Waals surface area contributed by atoms with Gasteiger partial charge in [-0.25, -0.2) is 0 Å². The molecular formula is C11H20N2O4. The molecule has 6 heteroatoms. The summed E-state index contributed by atoms with van der Waals surface area (Å²) in [4.78, 5) is 24.2. The molecule has 1 aliphatic rings. The summed E-state index contributed by atoms with van der Waals surface area (Å²) in [6.07, 6.45) is 1.33. The molecule has 1 atom stereocenters. The molecule has 98 valence electrons. The molecule has 0 spiro atoms. The van der Waals surface area contributed by atoms with Gasteiger partial charge in [0.1, 0.15) is 0 Å². The van der Waals surface area contributed by atoms with Crippen molar-refractivity contribution in [1.29, 1.82) is 0 Å². The number of amides is 1. The number of aliphatic hydroxyl groups is 1. The van der Waals surface area contributed by atoms with E-state index in [0.29, 0.717) is 32.5 Å². The number of methoxy groups -OCH3 is 1. The molecule has 0 aliphatic carbocycles. The minimum Gasteiger partial charge on any atom is -0.469 e. The number of esters is 1. The van der Waals surface area contributed by atoms with Crippen molar-refractivity contribution in [2.24, 2.45) is 0 Å². The fraction of sp³-hybridized carbons (Fsp3) is 0.818. The number of likely N-dealkylation sites (tertiary alicyclic amines) is 1. The highest BCUT2D eigenvalue weighted by Gasteiger charge is 2.21. The summed E-state index contributed by atoms with van der Waals surface area (Å²) >= 11 is 0. The Labute approximate surface area is 101 Å². The van der Waals surface area contributed by atoms with Gasteiger partial charge in [-0.1, -0.05) is 0 Å². The fourth-order valence-corrected chi connectivity index (χ4v) is 1.78. The second-order valence-corrected chi connectivity index (χ2v) is 4.21. The first-order valence-electron chi connectivity index (χ1n) is 5.85. The molecule has 1 heterocycles. The Morgan fingerprint density at radius 2 is 2.29 bits per heavy atom. The normalized spacial score (nSPS) is 20.2. The number of nitrogens with zero attached hydrogens (tertiary/aromatic N) is 1. The molecule has 1 amide bonds. The molecule has 17 heavy (non-hydrogen) atoms. The first-order valence-corrected chi connectivity index (χ1v) is 5.85. The Kier molecular flexibility index (Phi) is 5.93. The highest BCUT2D eigenvalue weighted by molar-refractivity contribution is 5.78. The van der Waals surface area contributed by atoms with Gasteiger partial charge in [-0.3, -0.25) is 14.5 Å². The van der Waals surface area contributed by atoms with Crippen LogP contribution in [0.3, 0.4) is 0 Å². The van der Waals surface area contributed by atoms with Crippen LogP contribution in [0.25, 0.3) is 0 Å². The van der Waals surface area contributed by atoms with E-state index in [1.807, 2.05) is 4.90 Å². The van der Waals surface area contributed by atoms with Crippen molar-refractivity contribution in [3.05, 3.63) is 0 Å². The second-order valence-electron chi connectivity index (χ2n) is 4.21. The number of β-amino-alcohol motifs (C(OH)–C–C–N with tert-alkyl or cyclic N) is 1. The lowest BCUT2D eigenvalue weighted by atomic mass is 10.3. The molecule has 1 fully saturated rings. The number of nitrogens with one attached hydrogen (secondary N) is 1. The highest BCUT2D eigenvalue weighted by Crippen LogP contribution is 2.07. The van der Waals surface area contributed by atoms with E-state index in [9.17, 15) is 14.7 Å². The van der Waals surface area contributed by atoms with Crippen molar-refractivity contribution >= 4 is 11.9 Å².